The molecule has 1 aliphatic rings. The summed E-state index contributed by atoms with van der Waals surface area (Å²) in [4.78, 5) is 19.4. The molecule has 2 heterocycles. The topological polar surface area (TPSA) is 69.7 Å². The van der Waals surface area contributed by atoms with Gasteiger partial charge >= 0.3 is 0 Å². The van der Waals surface area contributed by atoms with Crippen molar-refractivity contribution in [1.29, 1.82) is 0 Å². The van der Waals surface area contributed by atoms with Gasteiger partial charge in [0, 0.05) is 12.6 Å². The van der Waals surface area contributed by atoms with Crippen molar-refractivity contribution in [3.8, 4) is 0 Å². The molecule has 1 unspecified atom stereocenters. The number of nitrogens with one attached hydrogen (secondary N) is 2. The van der Waals surface area contributed by atoms with Gasteiger partial charge in [-0.05, 0) is 25.2 Å². The predicted molar refractivity (Wildman–Crippen MR) is 115 cm³/mol. The van der Waals surface area contributed by atoms with Gasteiger partial charge in [0.1, 0.15) is 11.8 Å². The van der Waals surface area contributed by atoms with Crippen molar-refractivity contribution in [1.82, 2.24) is 25.3 Å². The van der Waals surface area contributed by atoms with Crippen LogP contribution in [-0.4, -0.2) is 43.6 Å². The van der Waals surface area contributed by atoms with E-state index >= 15 is 0 Å². The molecule has 27 heavy (non-hydrogen) atoms. The molecule has 1 aliphatic carbocycles. The molecule has 1 fully saturated rings. The molecule has 0 saturated heterocycles. The van der Waals surface area contributed by atoms with Gasteiger partial charge in [-0.3, -0.25) is 0 Å². The monoisotopic (exact) mass is 386 g/mol. The van der Waals surface area contributed by atoms with E-state index in [1.165, 1.54) is 32.1 Å². The smallest absolute Gasteiger partial charge is 0.182 e. The molecule has 0 amide bonds. The first-order valence-corrected chi connectivity index (χ1v) is 10.3. The highest BCUT2D eigenvalue weighted by Crippen LogP contribution is 2.26. The lowest BCUT2D eigenvalue weighted by Crippen LogP contribution is -2.50. The average Bonchev–Trinajstić information content (AvgIpc) is 3.14. The number of nitrogens with zero attached hydrogens (tertiary/aromatic N) is 4. The lowest BCUT2D eigenvalue weighted by atomic mass is 9.94. The summed E-state index contributed by atoms with van der Waals surface area (Å²) < 4.78 is 0. The number of hydrogen-bond acceptors (Lipinski definition) is 5. The number of H-pyrrole nitrogens is 1. The Kier molecular flexibility index (Phi) is 6.77. The first-order chi connectivity index (χ1) is 13.1. The third-order valence-electron chi connectivity index (χ3n) is 5.13. The maximum atomic E-state index is 5.91. The van der Waals surface area contributed by atoms with Gasteiger partial charge in [-0.1, -0.05) is 51.4 Å². The van der Waals surface area contributed by atoms with Gasteiger partial charge in [0.05, 0.1) is 17.4 Å². The molecule has 0 aliphatic heterocycles. The zero-order valence-corrected chi connectivity index (χ0v) is 17.1. The Bertz CT molecular complexity index is 765. The Morgan fingerprint density at radius 3 is 2.81 bits per heavy atom. The van der Waals surface area contributed by atoms with Crippen LogP contribution < -0.4 is 10.2 Å². The molecule has 2 N–H and O–H groups in total. The van der Waals surface area contributed by atoms with Crippen LogP contribution in [0.4, 0.5) is 5.82 Å². The van der Waals surface area contributed by atoms with Crippen LogP contribution in [0.5, 0.6) is 0 Å². The Labute approximate surface area is 166 Å². The van der Waals surface area contributed by atoms with Crippen LogP contribution >= 0.6 is 12.2 Å². The zero-order valence-electron chi connectivity index (χ0n) is 16.3. The van der Waals surface area contributed by atoms with Gasteiger partial charge in [-0.2, -0.15) is 0 Å². The fourth-order valence-electron chi connectivity index (χ4n) is 3.84. The molecule has 146 valence electrons. The van der Waals surface area contributed by atoms with Crippen molar-refractivity contribution >= 4 is 34.2 Å². The van der Waals surface area contributed by atoms with Crippen LogP contribution in [0.3, 0.4) is 0 Å². The minimum Gasteiger partial charge on any atom is -0.375 e. The van der Waals surface area contributed by atoms with Gasteiger partial charge in [-0.25, -0.2) is 15.0 Å². The lowest BCUT2D eigenvalue weighted by molar-refractivity contribution is 0.409. The van der Waals surface area contributed by atoms with Gasteiger partial charge in [-0.15, -0.1) is 6.58 Å². The molecule has 0 bridgehead atoms. The summed E-state index contributed by atoms with van der Waals surface area (Å²) in [7, 11) is 0. The molecule has 0 radical (unpaired) electrons. The molecule has 1 atom stereocenters. The highest BCUT2D eigenvalue weighted by molar-refractivity contribution is 7.80. The number of aromatic amines is 1. The number of anilines is 1. The summed E-state index contributed by atoms with van der Waals surface area (Å²) in [5.41, 5.74) is 1.51. The standard InChI is InChI=1S/C20H30N6S/c1-4-10-26(19-17-18(22-12-21-17)23-13-24-19)16(11-14(2)3)20(27)25-15-8-6-5-7-9-15/h4,12-16H,1,5-11H2,2-3H3,(H,25,27)(H,21,22,23,24). The van der Waals surface area contributed by atoms with Crippen molar-refractivity contribution in [2.75, 3.05) is 11.4 Å². The number of fused-ring (bicyclic) bond motifs is 1. The maximum absolute atomic E-state index is 5.91. The third-order valence-corrected chi connectivity index (χ3v) is 5.52. The highest BCUT2D eigenvalue weighted by Gasteiger charge is 2.28. The second-order valence-electron chi connectivity index (χ2n) is 7.73. The zero-order chi connectivity index (χ0) is 19.2. The largest absolute Gasteiger partial charge is 0.375 e. The number of aromatic nitrogens is 4. The van der Waals surface area contributed by atoms with E-state index < -0.39 is 0 Å². The second kappa shape index (κ2) is 9.26. The van der Waals surface area contributed by atoms with E-state index in [9.17, 15) is 0 Å². The number of imidazole rings is 1. The quantitative estimate of drug-likeness (QED) is 0.528. The Morgan fingerprint density at radius 1 is 1.33 bits per heavy atom. The Balaban J connectivity index is 1.90. The lowest BCUT2D eigenvalue weighted by Gasteiger charge is -2.36. The highest BCUT2D eigenvalue weighted by atomic mass is 32.1. The summed E-state index contributed by atoms with van der Waals surface area (Å²) in [6.07, 6.45) is 12.4. The SMILES string of the molecule is C=CCN(c1ncnc2nc[nH]c12)C(CC(C)C)C(=S)NC1CCCCC1. The fourth-order valence-corrected chi connectivity index (χ4v) is 4.23. The molecule has 2 aromatic rings. The van der Waals surface area contributed by atoms with Gasteiger partial charge < -0.3 is 15.2 Å². The minimum atomic E-state index is 0.0568. The van der Waals surface area contributed by atoms with E-state index in [1.807, 2.05) is 6.08 Å². The van der Waals surface area contributed by atoms with E-state index in [0.717, 1.165) is 22.7 Å². The van der Waals surface area contributed by atoms with Crippen molar-refractivity contribution in [3.63, 3.8) is 0 Å². The molecule has 7 heteroatoms. The van der Waals surface area contributed by atoms with Crippen molar-refractivity contribution in [3.05, 3.63) is 25.3 Å². The summed E-state index contributed by atoms with van der Waals surface area (Å²) in [6, 6.07) is 0.547. The fraction of sp³-hybridized carbons (Fsp3) is 0.600. The maximum Gasteiger partial charge on any atom is 0.182 e. The molecule has 3 rings (SSSR count). The first-order valence-electron chi connectivity index (χ1n) is 9.92. The van der Waals surface area contributed by atoms with Gasteiger partial charge in [0.2, 0.25) is 0 Å². The third kappa shape index (κ3) is 4.83. The summed E-state index contributed by atoms with van der Waals surface area (Å²) in [6.45, 7) is 9.08. The molecule has 1 saturated carbocycles. The average molecular weight is 387 g/mol. The van der Waals surface area contributed by atoms with E-state index in [4.69, 9.17) is 12.2 Å². The number of thiocarbonyl (C=S) groups is 1. The van der Waals surface area contributed by atoms with E-state index in [-0.39, 0.29) is 6.04 Å². The van der Waals surface area contributed by atoms with Crippen molar-refractivity contribution < 1.29 is 0 Å². The van der Waals surface area contributed by atoms with Gasteiger partial charge in [0.25, 0.3) is 0 Å². The number of rotatable bonds is 8. The van der Waals surface area contributed by atoms with Gasteiger partial charge in [0.15, 0.2) is 11.5 Å². The van der Waals surface area contributed by atoms with Crippen LogP contribution in [-0.2, 0) is 0 Å². The van der Waals surface area contributed by atoms with Crippen LogP contribution in [0.25, 0.3) is 11.2 Å². The Morgan fingerprint density at radius 2 is 2.11 bits per heavy atom. The molecule has 0 aromatic carbocycles. The second-order valence-corrected chi connectivity index (χ2v) is 8.17. The van der Waals surface area contributed by atoms with Crippen LogP contribution in [0, 0.1) is 5.92 Å². The Hall–Kier alpha value is -2.02. The molecular weight excluding hydrogens is 356 g/mol. The minimum absolute atomic E-state index is 0.0568. The molecular formula is C20H30N6S. The number of hydrogen-bond donors (Lipinski definition) is 2. The predicted octanol–water partition coefficient (Wildman–Crippen LogP) is 4.01. The van der Waals surface area contributed by atoms with E-state index in [2.05, 4.69) is 50.6 Å². The molecule has 6 nitrogen and oxygen atoms in total. The summed E-state index contributed by atoms with van der Waals surface area (Å²) in [5.74, 6) is 1.34. The van der Waals surface area contributed by atoms with Crippen molar-refractivity contribution in [2.45, 2.75) is 64.5 Å². The van der Waals surface area contributed by atoms with Crippen molar-refractivity contribution in [2.24, 2.45) is 5.92 Å². The summed E-state index contributed by atoms with van der Waals surface area (Å²) >= 11 is 5.91. The van der Waals surface area contributed by atoms with E-state index in [0.29, 0.717) is 24.2 Å². The van der Waals surface area contributed by atoms with Crippen LogP contribution in [0.2, 0.25) is 0 Å². The normalized spacial score (nSPS) is 16.4. The molecule has 0 spiro atoms. The first kappa shape index (κ1) is 19.7. The van der Waals surface area contributed by atoms with Crippen LogP contribution in [0.1, 0.15) is 52.4 Å². The molecule has 2 aromatic heterocycles. The van der Waals surface area contributed by atoms with Crippen LogP contribution in [0.15, 0.2) is 25.3 Å². The summed E-state index contributed by atoms with van der Waals surface area (Å²) in [5, 5.41) is 3.66. The van der Waals surface area contributed by atoms with E-state index in [1.54, 1.807) is 12.7 Å².